The average Bonchev–Trinajstić information content (AvgIpc) is 3.44. The van der Waals surface area contributed by atoms with Crippen LogP contribution in [0.2, 0.25) is 0 Å². The van der Waals surface area contributed by atoms with Crippen LogP contribution >= 0.6 is 0 Å². The molecule has 0 bridgehead atoms. The van der Waals surface area contributed by atoms with Crippen molar-refractivity contribution in [2.75, 3.05) is 10.9 Å². The van der Waals surface area contributed by atoms with Crippen molar-refractivity contribution in [2.24, 2.45) is 0 Å². The molecule has 0 spiro atoms. The minimum atomic E-state index is -4.51. The Morgan fingerprint density at radius 1 is 0.891 bits per heavy atom. The molecule has 0 saturated heterocycles. The topological polar surface area (TPSA) is 113 Å². The summed E-state index contributed by atoms with van der Waals surface area (Å²) in [4.78, 5) is 24.0. The van der Waals surface area contributed by atoms with Crippen molar-refractivity contribution in [1.29, 1.82) is 0 Å². The molecule has 0 aliphatic carbocycles. The van der Waals surface area contributed by atoms with Crippen molar-refractivity contribution in [3.63, 3.8) is 0 Å². The molecule has 46 heavy (non-hydrogen) atoms. The summed E-state index contributed by atoms with van der Waals surface area (Å²) in [5.41, 5.74) is 1.74. The van der Waals surface area contributed by atoms with Crippen molar-refractivity contribution in [3.05, 3.63) is 114 Å². The van der Waals surface area contributed by atoms with Crippen LogP contribution in [0.1, 0.15) is 36.0 Å². The number of halogens is 3. The lowest BCUT2D eigenvalue weighted by Gasteiger charge is -2.26. The van der Waals surface area contributed by atoms with Gasteiger partial charge in [0.2, 0.25) is 5.91 Å². The van der Waals surface area contributed by atoms with Crippen LogP contribution in [-0.4, -0.2) is 38.0 Å². The summed E-state index contributed by atoms with van der Waals surface area (Å²) < 4.78 is 74.3. The molecule has 1 heterocycles. The molecule has 0 fully saturated rings. The fourth-order valence-corrected chi connectivity index (χ4v) is 6.89. The van der Waals surface area contributed by atoms with Crippen LogP contribution in [-0.2, 0) is 38.8 Å². The Morgan fingerprint density at radius 3 is 2.30 bits per heavy atom. The van der Waals surface area contributed by atoms with Gasteiger partial charge in [0.1, 0.15) is 11.8 Å². The molecule has 4 aromatic rings. The van der Waals surface area contributed by atoms with Crippen LogP contribution in [0.3, 0.4) is 0 Å². The number of nitrogens with one attached hydrogen (secondary N) is 1. The Morgan fingerprint density at radius 2 is 1.61 bits per heavy atom. The molecule has 8 nitrogen and oxygen atoms in total. The fraction of sp³-hybridized carbons (Fsp3) is 0.235. The quantitative estimate of drug-likeness (QED) is 0.170. The number of fused-ring (bicyclic) bond motifs is 1. The predicted molar refractivity (Wildman–Crippen MR) is 166 cm³/mol. The number of carbonyl (C=O) groups is 2. The number of amides is 1. The summed E-state index contributed by atoms with van der Waals surface area (Å²) in [6.07, 6.45) is -3.14. The first-order valence-electron chi connectivity index (χ1n) is 14.5. The molecule has 2 N–H and O–H groups in total. The van der Waals surface area contributed by atoms with Gasteiger partial charge in [-0.25, -0.2) is 8.42 Å². The van der Waals surface area contributed by atoms with Crippen molar-refractivity contribution in [1.82, 2.24) is 5.32 Å². The number of para-hydroxylation sites is 1. The second kappa shape index (κ2) is 13.7. The number of carbonyl (C=O) groups excluding carboxylic acids is 1. The van der Waals surface area contributed by atoms with E-state index in [-0.39, 0.29) is 29.8 Å². The van der Waals surface area contributed by atoms with Gasteiger partial charge in [0, 0.05) is 19.4 Å². The molecular weight excluding hydrogens is 621 g/mol. The third kappa shape index (κ3) is 7.51. The lowest BCUT2D eigenvalue weighted by atomic mass is 10.0. The summed E-state index contributed by atoms with van der Waals surface area (Å²) in [5.74, 6) is -0.730. The number of hydrogen-bond acceptors (Lipinski definition) is 5. The molecule has 12 heteroatoms. The van der Waals surface area contributed by atoms with Gasteiger partial charge in [-0.1, -0.05) is 54.6 Å². The summed E-state index contributed by atoms with van der Waals surface area (Å²) in [6.45, 7) is 0.522. The molecule has 1 atom stereocenters. The number of nitrogens with zero attached hydrogens (tertiary/aromatic N) is 1. The number of alkyl halides is 3. The van der Waals surface area contributed by atoms with Crippen LogP contribution in [0, 0.1) is 0 Å². The van der Waals surface area contributed by atoms with Gasteiger partial charge in [-0.15, -0.1) is 0 Å². The highest BCUT2D eigenvalue weighted by Crippen LogP contribution is 2.38. The normalized spacial score (nSPS) is 14.5. The highest BCUT2D eigenvalue weighted by molar-refractivity contribution is 7.93. The molecule has 0 radical (unpaired) electrons. The Balaban J connectivity index is 1.28. The van der Waals surface area contributed by atoms with E-state index >= 15 is 0 Å². The maximum Gasteiger partial charge on any atom is 0.416 e. The van der Waals surface area contributed by atoms with E-state index in [1.165, 1.54) is 36.4 Å². The Bertz CT molecular complexity index is 1810. The summed E-state index contributed by atoms with van der Waals surface area (Å²) in [7, 11) is -4.24. The lowest BCUT2D eigenvalue weighted by Crippen LogP contribution is -2.47. The maximum absolute atomic E-state index is 14.0. The third-order valence-electron chi connectivity index (χ3n) is 7.61. The van der Waals surface area contributed by atoms with Crippen LogP contribution in [0.25, 0.3) is 11.1 Å². The third-order valence-corrected chi connectivity index (χ3v) is 9.44. The van der Waals surface area contributed by atoms with Gasteiger partial charge in [0.05, 0.1) is 22.8 Å². The number of carboxylic acids is 1. The van der Waals surface area contributed by atoms with E-state index in [9.17, 15) is 31.2 Å². The average molecular weight is 653 g/mol. The number of benzene rings is 4. The molecule has 240 valence electrons. The minimum Gasteiger partial charge on any atom is -0.494 e. The summed E-state index contributed by atoms with van der Waals surface area (Å²) in [5, 5.41) is 11.5. The van der Waals surface area contributed by atoms with E-state index in [0.717, 1.165) is 22.0 Å². The molecule has 0 aromatic heterocycles. The maximum atomic E-state index is 14.0. The first-order chi connectivity index (χ1) is 21.9. The zero-order valence-electron chi connectivity index (χ0n) is 24.5. The predicted octanol–water partition coefficient (Wildman–Crippen LogP) is 6.44. The zero-order valence-corrected chi connectivity index (χ0v) is 25.4. The minimum absolute atomic E-state index is 0.0857. The zero-order chi connectivity index (χ0) is 32.9. The van der Waals surface area contributed by atoms with E-state index in [1.54, 1.807) is 48.5 Å². The van der Waals surface area contributed by atoms with E-state index < -0.39 is 39.7 Å². The monoisotopic (exact) mass is 652 g/mol. The molecular formula is C34H31F3N2O6S. The van der Waals surface area contributed by atoms with Gasteiger partial charge in [-0.3, -0.25) is 13.9 Å². The molecule has 4 aromatic carbocycles. The van der Waals surface area contributed by atoms with Crippen LogP contribution < -0.4 is 14.4 Å². The number of ether oxygens (including phenoxy) is 1. The highest BCUT2D eigenvalue weighted by atomic mass is 32.2. The number of unbranched alkanes of at least 4 members (excludes halogenated alkanes) is 1. The largest absolute Gasteiger partial charge is 0.494 e. The first-order valence-corrected chi connectivity index (χ1v) is 16.0. The number of sulfonamides is 1. The van der Waals surface area contributed by atoms with E-state index in [0.29, 0.717) is 42.0 Å². The molecule has 1 amide bonds. The smallest absolute Gasteiger partial charge is 0.416 e. The standard InChI is InChI=1S/C34H31F3N2O6S/c35-34(36,37)27-8-5-7-25(20-27)24-13-17-29(18-14-24)46(43,44)39-30-9-2-1-6-26(30)21-31(39)33(42)38-22-23-11-15-28(16-12-23)45-19-4-3-10-32(40)41/h1-2,5-9,11-18,20,31H,3-4,10,19,21-22H2,(H,38,42)(H,40,41)/t31-/m0/s1. The Labute approximate surface area is 264 Å². The van der Waals surface area contributed by atoms with Crippen molar-refractivity contribution in [3.8, 4) is 16.9 Å². The molecule has 0 unspecified atom stereocenters. The van der Waals surface area contributed by atoms with Gasteiger partial charge < -0.3 is 15.2 Å². The van der Waals surface area contributed by atoms with Gasteiger partial charge in [0.15, 0.2) is 0 Å². The SMILES string of the molecule is O=C(O)CCCCOc1ccc(CNC(=O)[C@@H]2Cc3ccccc3N2S(=O)(=O)c2ccc(-c3cccc(C(F)(F)F)c3)cc2)cc1. The van der Waals surface area contributed by atoms with Crippen molar-refractivity contribution < 1.29 is 41.0 Å². The lowest BCUT2D eigenvalue weighted by molar-refractivity contribution is -0.138. The second-order valence-electron chi connectivity index (χ2n) is 10.8. The van der Waals surface area contributed by atoms with E-state index in [1.807, 2.05) is 0 Å². The van der Waals surface area contributed by atoms with Crippen molar-refractivity contribution >= 4 is 27.6 Å². The van der Waals surface area contributed by atoms with E-state index in [2.05, 4.69) is 5.32 Å². The highest BCUT2D eigenvalue weighted by Gasteiger charge is 2.42. The number of anilines is 1. The summed E-state index contributed by atoms with van der Waals surface area (Å²) in [6, 6.07) is 23.2. The second-order valence-corrected chi connectivity index (χ2v) is 12.6. The number of carboxylic acid groups (broad SMARTS) is 1. The number of hydrogen-bond donors (Lipinski definition) is 2. The Hall–Kier alpha value is -4.84. The van der Waals surface area contributed by atoms with Gasteiger partial charge in [-0.2, -0.15) is 13.2 Å². The molecule has 1 aliphatic heterocycles. The fourth-order valence-electron chi connectivity index (χ4n) is 5.24. The van der Waals surface area contributed by atoms with Crippen LogP contribution in [0.4, 0.5) is 18.9 Å². The van der Waals surface area contributed by atoms with E-state index in [4.69, 9.17) is 9.84 Å². The number of aliphatic carboxylic acids is 1. The van der Waals surface area contributed by atoms with Crippen LogP contribution in [0.5, 0.6) is 5.75 Å². The molecule has 0 saturated carbocycles. The van der Waals surface area contributed by atoms with Gasteiger partial charge >= 0.3 is 12.1 Å². The van der Waals surface area contributed by atoms with Crippen molar-refractivity contribution in [2.45, 2.75) is 49.3 Å². The van der Waals surface area contributed by atoms with Gasteiger partial charge in [0.25, 0.3) is 10.0 Å². The molecule has 1 aliphatic rings. The number of rotatable bonds is 12. The molecule has 5 rings (SSSR count). The Kier molecular flexibility index (Phi) is 9.66. The summed E-state index contributed by atoms with van der Waals surface area (Å²) >= 11 is 0. The first kappa shape index (κ1) is 32.6. The van der Waals surface area contributed by atoms with Gasteiger partial charge in [-0.05, 0) is 77.6 Å². The van der Waals surface area contributed by atoms with Crippen LogP contribution in [0.15, 0.2) is 102 Å².